The Kier molecular flexibility index (Phi) is 5.77. The van der Waals surface area contributed by atoms with Gasteiger partial charge in [-0.3, -0.25) is 9.59 Å². The Labute approximate surface area is 148 Å². The van der Waals surface area contributed by atoms with Crippen LogP contribution in [0, 0.1) is 12.3 Å². The molecule has 0 atom stereocenters. The molecule has 0 aliphatic rings. The second-order valence-corrected chi connectivity index (χ2v) is 7.34. The van der Waals surface area contributed by atoms with Crippen molar-refractivity contribution < 1.29 is 9.59 Å². The van der Waals surface area contributed by atoms with Crippen molar-refractivity contribution in [2.75, 3.05) is 11.9 Å². The SMILES string of the molecule is C#CCNC(=O)c1ccccc1NC(=O)c1cc(Br)c(Br)s1. The number of terminal acetylenes is 1. The molecule has 2 rings (SSSR count). The van der Waals surface area contributed by atoms with Gasteiger partial charge in [-0.15, -0.1) is 17.8 Å². The van der Waals surface area contributed by atoms with E-state index in [-0.39, 0.29) is 18.4 Å². The molecule has 22 heavy (non-hydrogen) atoms. The monoisotopic (exact) mass is 440 g/mol. The van der Waals surface area contributed by atoms with Gasteiger partial charge in [-0.05, 0) is 50.1 Å². The van der Waals surface area contributed by atoms with E-state index in [0.717, 1.165) is 8.26 Å². The number of nitrogens with one attached hydrogen (secondary N) is 2. The first-order chi connectivity index (χ1) is 10.5. The van der Waals surface area contributed by atoms with Crippen LogP contribution in [0.2, 0.25) is 0 Å². The van der Waals surface area contributed by atoms with Crippen LogP contribution in [-0.2, 0) is 0 Å². The van der Waals surface area contributed by atoms with Crippen molar-refractivity contribution in [3.8, 4) is 12.3 Å². The zero-order valence-corrected chi connectivity index (χ0v) is 15.1. The summed E-state index contributed by atoms with van der Waals surface area (Å²) >= 11 is 7.98. The lowest BCUT2D eigenvalue weighted by Crippen LogP contribution is -2.25. The molecular formula is C15H10Br2N2O2S. The molecule has 2 aromatic rings. The fourth-order valence-corrected chi connectivity index (χ4v) is 3.59. The highest BCUT2D eigenvalue weighted by molar-refractivity contribution is 9.13. The van der Waals surface area contributed by atoms with Gasteiger partial charge in [-0.25, -0.2) is 0 Å². The summed E-state index contributed by atoms with van der Waals surface area (Å²) in [5.41, 5.74) is 0.795. The molecule has 0 spiro atoms. The smallest absolute Gasteiger partial charge is 0.265 e. The van der Waals surface area contributed by atoms with Gasteiger partial charge < -0.3 is 10.6 Å². The minimum atomic E-state index is -0.331. The zero-order chi connectivity index (χ0) is 16.1. The number of thiophene rings is 1. The lowest BCUT2D eigenvalue weighted by Gasteiger charge is -2.09. The average Bonchev–Trinajstić information content (AvgIpc) is 2.85. The van der Waals surface area contributed by atoms with Gasteiger partial charge in [-0.1, -0.05) is 18.1 Å². The minimum absolute atomic E-state index is 0.131. The number of carbonyl (C=O) groups is 2. The van der Waals surface area contributed by atoms with Crippen molar-refractivity contribution in [2.45, 2.75) is 0 Å². The maximum absolute atomic E-state index is 12.3. The molecule has 112 valence electrons. The van der Waals surface area contributed by atoms with Gasteiger partial charge in [0.25, 0.3) is 11.8 Å². The molecule has 1 heterocycles. The average molecular weight is 442 g/mol. The van der Waals surface area contributed by atoms with E-state index in [2.05, 4.69) is 48.4 Å². The maximum atomic E-state index is 12.3. The van der Waals surface area contributed by atoms with Crippen LogP contribution in [0.25, 0.3) is 0 Å². The second-order valence-electron chi connectivity index (χ2n) is 4.12. The van der Waals surface area contributed by atoms with E-state index in [1.807, 2.05) is 0 Å². The molecule has 0 saturated heterocycles. The number of amides is 2. The fraction of sp³-hybridized carbons (Fsp3) is 0.0667. The summed E-state index contributed by atoms with van der Waals surface area (Å²) in [6, 6.07) is 8.47. The number of halogens is 2. The highest BCUT2D eigenvalue weighted by Crippen LogP contribution is 2.32. The molecule has 2 amide bonds. The van der Waals surface area contributed by atoms with Gasteiger partial charge in [0.2, 0.25) is 0 Å². The molecule has 2 N–H and O–H groups in total. The third-order valence-electron chi connectivity index (χ3n) is 2.64. The van der Waals surface area contributed by atoms with Crippen molar-refractivity contribution in [1.29, 1.82) is 0 Å². The summed E-state index contributed by atoms with van der Waals surface area (Å²) in [7, 11) is 0. The predicted octanol–water partition coefficient (Wildman–Crippen LogP) is 3.89. The summed E-state index contributed by atoms with van der Waals surface area (Å²) in [4.78, 5) is 24.8. The van der Waals surface area contributed by atoms with Crippen molar-refractivity contribution in [3.63, 3.8) is 0 Å². The third-order valence-corrected chi connectivity index (χ3v) is 5.89. The second kappa shape index (κ2) is 7.58. The molecule has 1 aromatic carbocycles. The third kappa shape index (κ3) is 3.97. The number of carbonyl (C=O) groups excluding carboxylic acids is 2. The first-order valence-electron chi connectivity index (χ1n) is 6.09. The lowest BCUT2D eigenvalue weighted by atomic mass is 10.1. The summed E-state index contributed by atoms with van der Waals surface area (Å²) < 4.78 is 1.64. The Bertz CT molecular complexity index is 746. The van der Waals surface area contributed by atoms with Crippen LogP contribution in [0.1, 0.15) is 20.0 Å². The molecule has 7 heteroatoms. The molecule has 0 fully saturated rings. The molecule has 0 saturated carbocycles. The number of hydrogen-bond donors (Lipinski definition) is 2. The summed E-state index contributed by atoms with van der Waals surface area (Å²) in [5.74, 6) is 1.72. The van der Waals surface area contributed by atoms with Crippen LogP contribution in [0.5, 0.6) is 0 Å². The van der Waals surface area contributed by atoms with E-state index < -0.39 is 0 Å². The Balaban J connectivity index is 2.21. The van der Waals surface area contributed by atoms with Crippen LogP contribution in [0.3, 0.4) is 0 Å². The zero-order valence-electron chi connectivity index (χ0n) is 11.2. The Morgan fingerprint density at radius 2 is 1.95 bits per heavy atom. The van der Waals surface area contributed by atoms with Crippen LogP contribution < -0.4 is 10.6 Å². The van der Waals surface area contributed by atoms with Gasteiger partial charge in [0.05, 0.1) is 26.5 Å². The van der Waals surface area contributed by atoms with Crippen molar-refractivity contribution in [2.24, 2.45) is 0 Å². The lowest BCUT2D eigenvalue weighted by molar-refractivity contribution is 0.0959. The van der Waals surface area contributed by atoms with Gasteiger partial charge in [0, 0.05) is 4.47 Å². The van der Waals surface area contributed by atoms with Gasteiger partial charge >= 0.3 is 0 Å². The predicted molar refractivity (Wildman–Crippen MR) is 95.3 cm³/mol. The minimum Gasteiger partial charge on any atom is -0.341 e. The summed E-state index contributed by atoms with van der Waals surface area (Å²) in [6.45, 7) is 0.131. The number of benzene rings is 1. The van der Waals surface area contributed by atoms with E-state index >= 15 is 0 Å². The van der Waals surface area contributed by atoms with Crippen LogP contribution in [-0.4, -0.2) is 18.4 Å². The number of anilines is 1. The highest BCUT2D eigenvalue weighted by Gasteiger charge is 2.16. The highest BCUT2D eigenvalue weighted by atomic mass is 79.9. The molecule has 0 bridgehead atoms. The molecule has 0 aliphatic heterocycles. The van der Waals surface area contributed by atoms with Crippen molar-refractivity contribution in [3.05, 3.63) is 49.0 Å². The quantitative estimate of drug-likeness (QED) is 0.707. The number of rotatable bonds is 4. The number of hydrogen-bond acceptors (Lipinski definition) is 3. The molecule has 4 nitrogen and oxygen atoms in total. The normalized spacial score (nSPS) is 9.86. The number of para-hydroxylation sites is 1. The molecule has 1 aromatic heterocycles. The van der Waals surface area contributed by atoms with Crippen LogP contribution in [0.4, 0.5) is 5.69 Å². The van der Waals surface area contributed by atoms with Crippen LogP contribution >= 0.6 is 43.2 Å². The van der Waals surface area contributed by atoms with E-state index in [4.69, 9.17) is 6.42 Å². The van der Waals surface area contributed by atoms with E-state index in [1.54, 1.807) is 30.3 Å². The first kappa shape index (κ1) is 16.7. The van der Waals surface area contributed by atoms with Crippen molar-refractivity contribution in [1.82, 2.24) is 5.32 Å². The van der Waals surface area contributed by atoms with Gasteiger partial charge in [-0.2, -0.15) is 0 Å². The molecule has 0 radical (unpaired) electrons. The molecule has 0 aliphatic carbocycles. The first-order valence-corrected chi connectivity index (χ1v) is 8.50. The Hall–Kier alpha value is -1.62. The topological polar surface area (TPSA) is 58.2 Å². The Morgan fingerprint density at radius 3 is 2.59 bits per heavy atom. The molecule has 0 unspecified atom stereocenters. The van der Waals surface area contributed by atoms with E-state index in [9.17, 15) is 9.59 Å². The van der Waals surface area contributed by atoms with Crippen LogP contribution in [0.15, 0.2) is 38.6 Å². The standard InChI is InChI=1S/C15H10Br2N2O2S/c1-2-7-18-14(20)9-5-3-4-6-11(9)19-15(21)12-8-10(16)13(17)22-12/h1,3-6,8H,7H2,(H,18,20)(H,19,21). The van der Waals surface area contributed by atoms with E-state index in [0.29, 0.717) is 16.1 Å². The maximum Gasteiger partial charge on any atom is 0.265 e. The largest absolute Gasteiger partial charge is 0.341 e. The summed E-state index contributed by atoms with van der Waals surface area (Å²) in [5, 5.41) is 5.32. The summed E-state index contributed by atoms with van der Waals surface area (Å²) in [6.07, 6.45) is 5.12. The Morgan fingerprint density at radius 1 is 1.23 bits per heavy atom. The van der Waals surface area contributed by atoms with Crippen molar-refractivity contribution >= 4 is 60.7 Å². The van der Waals surface area contributed by atoms with Gasteiger partial charge in [0.15, 0.2) is 0 Å². The van der Waals surface area contributed by atoms with E-state index in [1.165, 1.54) is 11.3 Å². The van der Waals surface area contributed by atoms with Gasteiger partial charge in [0.1, 0.15) is 0 Å². The molecular weight excluding hydrogens is 432 g/mol. The fourth-order valence-electron chi connectivity index (χ4n) is 1.66.